The summed E-state index contributed by atoms with van der Waals surface area (Å²) in [6, 6.07) is 3.98. The lowest BCUT2D eigenvalue weighted by Crippen LogP contribution is -2.32. The van der Waals surface area contributed by atoms with Gasteiger partial charge in [0.1, 0.15) is 11.8 Å². The first kappa shape index (κ1) is 18.0. The largest absolute Gasteiger partial charge is 0.508 e. The fraction of sp³-hybridized carbons (Fsp3) is 0.400. The number of fused-ring (bicyclic) bond motifs is 1. The molecule has 2 aromatic rings. The van der Waals surface area contributed by atoms with Crippen LogP contribution in [-0.2, 0) is 11.2 Å². The molecule has 5 nitrogen and oxygen atoms in total. The molecule has 0 amide bonds. The smallest absolute Gasteiger partial charge is 0.320 e. The van der Waals surface area contributed by atoms with Crippen LogP contribution in [0.25, 0.3) is 10.9 Å². The van der Waals surface area contributed by atoms with Gasteiger partial charge in [-0.3, -0.25) is 4.79 Å². The van der Waals surface area contributed by atoms with Crippen LogP contribution in [0.4, 0.5) is 0 Å². The molecule has 5 heteroatoms. The van der Waals surface area contributed by atoms with E-state index in [1.807, 2.05) is 27.7 Å². The number of rotatable bonds is 3. The highest BCUT2D eigenvalue weighted by molar-refractivity contribution is 5.85. The van der Waals surface area contributed by atoms with Gasteiger partial charge >= 0.3 is 5.97 Å². The number of phenolic OH excluding ortho intramolecular Hbond substituents is 1. The zero-order valence-electron chi connectivity index (χ0n) is 12.5. The second kappa shape index (κ2) is 8.98. The van der Waals surface area contributed by atoms with Crippen molar-refractivity contribution in [3.63, 3.8) is 0 Å². The van der Waals surface area contributed by atoms with E-state index in [1.54, 1.807) is 24.4 Å². The van der Waals surface area contributed by atoms with E-state index in [1.165, 1.54) is 0 Å². The Morgan fingerprint density at radius 3 is 2.45 bits per heavy atom. The molecule has 1 heterocycles. The molecule has 0 bridgehead atoms. The van der Waals surface area contributed by atoms with Crippen LogP contribution in [0.2, 0.25) is 0 Å². The molecule has 0 fully saturated rings. The Kier molecular flexibility index (Phi) is 8.08. The van der Waals surface area contributed by atoms with Gasteiger partial charge in [-0.05, 0) is 17.7 Å². The summed E-state index contributed by atoms with van der Waals surface area (Å²) in [5, 5.41) is 18.9. The topological polar surface area (TPSA) is 99.3 Å². The van der Waals surface area contributed by atoms with Crippen LogP contribution in [0.5, 0.6) is 5.75 Å². The second-order valence-corrected chi connectivity index (χ2v) is 3.69. The summed E-state index contributed by atoms with van der Waals surface area (Å²) in [6.07, 6.45) is 1.98. The minimum absolute atomic E-state index is 0.170. The summed E-state index contributed by atoms with van der Waals surface area (Å²) in [5.41, 5.74) is 7.07. The number of aliphatic carboxylic acids is 1. The van der Waals surface area contributed by atoms with Gasteiger partial charge in [-0.25, -0.2) is 0 Å². The number of aromatic nitrogens is 1. The van der Waals surface area contributed by atoms with Crippen molar-refractivity contribution in [2.75, 3.05) is 0 Å². The van der Waals surface area contributed by atoms with Crippen molar-refractivity contribution in [1.82, 2.24) is 4.98 Å². The van der Waals surface area contributed by atoms with Crippen molar-refractivity contribution in [3.8, 4) is 5.75 Å². The van der Waals surface area contributed by atoms with Crippen LogP contribution < -0.4 is 5.73 Å². The Balaban J connectivity index is 0.000000829. The summed E-state index contributed by atoms with van der Waals surface area (Å²) < 4.78 is 0. The van der Waals surface area contributed by atoms with Crippen molar-refractivity contribution in [2.45, 2.75) is 40.2 Å². The number of nitrogens with one attached hydrogen (secondary N) is 1. The lowest BCUT2D eigenvalue weighted by Gasteiger charge is -2.04. The number of aromatic hydroxyl groups is 1. The minimum atomic E-state index is -1.02. The number of hydrogen-bond acceptors (Lipinski definition) is 3. The third-order valence-corrected chi connectivity index (χ3v) is 2.51. The number of aromatic amines is 1. The molecule has 0 saturated heterocycles. The lowest BCUT2D eigenvalue weighted by atomic mass is 10.1. The number of nitrogens with two attached hydrogens (primary N) is 1. The normalized spacial score (nSPS) is 10.8. The van der Waals surface area contributed by atoms with Gasteiger partial charge in [0.2, 0.25) is 0 Å². The number of carbonyl (C=O) groups is 1. The van der Waals surface area contributed by atoms with E-state index >= 15 is 0 Å². The van der Waals surface area contributed by atoms with Gasteiger partial charge in [-0.2, -0.15) is 0 Å². The monoisotopic (exact) mass is 280 g/mol. The Bertz CT molecular complexity index is 535. The summed E-state index contributed by atoms with van der Waals surface area (Å²) in [5.74, 6) is -0.850. The second-order valence-electron chi connectivity index (χ2n) is 3.69. The van der Waals surface area contributed by atoms with Crippen LogP contribution >= 0.6 is 0 Å². The Labute approximate surface area is 119 Å². The Hall–Kier alpha value is -2.01. The van der Waals surface area contributed by atoms with Gasteiger partial charge in [-0.15, -0.1) is 0 Å². The lowest BCUT2D eigenvalue weighted by molar-refractivity contribution is -0.138. The first-order valence-electron chi connectivity index (χ1n) is 6.85. The quantitative estimate of drug-likeness (QED) is 0.694. The minimum Gasteiger partial charge on any atom is -0.508 e. The fourth-order valence-electron chi connectivity index (χ4n) is 1.67. The molecule has 20 heavy (non-hydrogen) atoms. The Morgan fingerprint density at radius 2 is 1.90 bits per heavy atom. The zero-order valence-corrected chi connectivity index (χ0v) is 12.5. The van der Waals surface area contributed by atoms with Crippen molar-refractivity contribution in [1.29, 1.82) is 0 Å². The molecule has 0 aliphatic rings. The summed E-state index contributed by atoms with van der Waals surface area (Å²) in [7, 11) is 0. The zero-order chi connectivity index (χ0) is 15.7. The number of hydrogen-bond donors (Lipinski definition) is 4. The molecule has 0 saturated carbocycles. The van der Waals surface area contributed by atoms with E-state index in [0.29, 0.717) is 0 Å². The van der Waals surface area contributed by atoms with Gasteiger partial charge in [0.15, 0.2) is 0 Å². The van der Waals surface area contributed by atoms with E-state index in [0.717, 1.165) is 16.5 Å². The fourth-order valence-corrected chi connectivity index (χ4v) is 1.67. The van der Waals surface area contributed by atoms with Crippen LogP contribution in [0.3, 0.4) is 0 Å². The van der Waals surface area contributed by atoms with E-state index < -0.39 is 12.0 Å². The number of carboxylic acids is 1. The molecule has 0 aliphatic carbocycles. The highest BCUT2D eigenvalue weighted by Crippen LogP contribution is 2.23. The van der Waals surface area contributed by atoms with Crippen molar-refractivity contribution >= 4 is 16.9 Å². The average molecular weight is 280 g/mol. The van der Waals surface area contributed by atoms with E-state index in [9.17, 15) is 9.90 Å². The van der Waals surface area contributed by atoms with Crippen LogP contribution in [0, 0.1) is 0 Å². The maximum Gasteiger partial charge on any atom is 0.320 e. The van der Waals surface area contributed by atoms with Gasteiger partial charge < -0.3 is 20.9 Å². The Morgan fingerprint density at radius 1 is 1.30 bits per heavy atom. The number of H-pyrrole nitrogens is 1. The van der Waals surface area contributed by atoms with Crippen LogP contribution in [-0.4, -0.2) is 27.2 Å². The van der Waals surface area contributed by atoms with Gasteiger partial charge in [0.25, 0.3) is 0 Å². The highest BCUT2D eigenvalue weighted by atomic mass is 16.4. The molecule has 112 valence electrons. The van der Waals surface area contributed by atoms with E-state index in [-0.39, 0.29) is 12.2 Å². The molecular weight excluding hydrogens is 256 g/mol. The molecule has 1 aromatic carbocycles. The maximum atomic E-state index is 10.6. The number of phenols is 1. The summed E-state index contributed by atoms with van der Waals surface area (Å²) in [4.78, 5) is 13.6. The van der Waals surface area contributed by atoms with Gasteiger partial charge in [0, 0.05) is 29.6 Å². The molecule has 1 unspecified atom stereocenters. The molecule has 2 rings (SSSR count). The third-order valence-electron chi connectivity index (χ3n) is 2.51. The first-order chi connectivity index (χ1) is 9.58. The van der Waals surface area contributed by atoms with Crippen molar-refractivity contribution in [3.05, 3.63) is 30.0 Å². The molecule has 1 aromatic heterocycles. The molecular formula is C15H24N2O3. The van der Waals surface area contributed by atoms with Gasteiger partial charge in [0.05, 0.1) is 0 Å². The molecule has 0 spiro atoms. The molecule has 5 N–H and O–H groups in total. The summed E-state index contributed by atoms with van der Waals surface area (Å²) in [6.45, 7) is 8.00. The van der Waals surface area contributed by atoms with Crippen molar-refractivity contribution < 1.29 is 15.0 Å². The summed E-state index contributed by atoms with van der Waals surface area (Å²) >= 11 is 0. The van der Waals surface area contributed by atoms with Crippen LogP contribution in [0.15, 0.2) is 24.4 Å². The van der Waals surface area contributed by atoms with E-state index in [2.05, 4.69) is 4.98 Å². The average Bonchev–Trinajstić information content (AvgIpc) is 2.85. The standard InChI is InChI=1S/C11H12N2O3.2C2H6/c12-9(11(15)16)3-6-5-13-10-4-7(14)1-2-8(6)10;2*1-2/h1-2,4-5,9,13-14H,3,12H2,(H,15,16);2*1-2H3. The van der Waals surface area contributed by atoms with Gasteiger partial charge in [-0.1, -0.05) is 27.7 Å². The van der Waals surface area contributed by atoms with Crippen molar-refractivity contribution in [2.24, 2.45) is 5.73 Å². The van der Waals surface area contributed by atoms with E-state index in [4.69, 9.17) is 10.8 Å². The SMILES string of the molecule is CC.CC.NC(Cc1c[nH]c2cc(O)ccc12)C(=O)O. The maximum absolute atomic E-state index is 10.6. The number of benzene rings is 1. The molecule has 0 aliphatic heterocycles. The number of carboxylic acid groups (broad SMARTS) is 1. The molecule has 0 radical (unpaired) electrons. The molecule has 1 atom stereocenters. The third kappa shape index (κ3) is 4.59. The predicted molar refractivity (Wildman–Crippen MR) is 82.0 cm³/mol. The predicted octanol–water partition coefficient (Wildman–Crippen LogP) is 2.88. The highest BCUT2D eigenvalue weighted by Gasteiger charge is 2.14. The van der Waals surface area contributed by atoms with Crippen LogP contribution in [0.1, 0.15) is 33.3 Å². The first-order valence-corrected chi connectivity index (χ1v) is 6.85.